The number of aromatic nitrogens is 2. The average molecular weight is 333 g/mol. The van der Waals surface area contributed by atoms with Crippen molar-refractivity contribution >= 4 is 22.7 Å². The standard InChI is InChI=1S/C18H11N3O4/c22-18(13-5-2-1-3-6-13)25-10-4-7-14-12-19-17-11-15(21(23)24)8-9-16(17)20-14/h1-3,5-6,8-9,11-12H,10H2. The molecule has 7 heteroatoms. The molecule has 0 atom stereocenters. The Morgan fingerprint density at radius 1 is 1.16 bits per heavy atom. The van der Waals surface area contributed by atoms with E-state index in [-0.39, 0.29) is 12.3 Å². The van der Waals surface area contributed by atoms with E-state index in [1.165, 1.54) is 24.4 Å². The number of rotatable bonds is 3. The van der Waals surface area contributed by atoms with Crippen LogP contribution in [0, 0.1) is 22.0 Å². The number of hydrogen-bond acceptors (Lipinski definition) is 6. The van der Waals surface area contributed by atoms with Gasteiger partial charge in [-0.25, -0.2) is 9.78 Å². The van der Waals surface area contributed by atoms with Crippen molar-refractivity contribution in [3.8, 4) is 11.8 Å². The number of nitro groups is 1. The molecule has 0 aliphatic heterocycles. The van der Waals surface area contributed by atoms with Crippen LogP contribution in [0.4, 0.5) is 5.69 Å². The van der Waals surface area contributed by atoms with Gasteiger partial charge in [0.2, 0.25) is 0 Å². The molecule has 0 aliphatic carbocycles. The van der Waals surface area contributed by atoms with Gasteiger partial charge in [-0.15, -0.1) is 0 Å². The Morgan fingerprint density at radius 3 is 2.72 bits per heavy atom. The summed E-state index contributed by atoms with van der Waals surface area (Å²) in [6.07, 6.45) is 1.41. The predicted molar refractivity (Wildman–Crippen MR) is 89.8 cm³/mol. The van der Waals surface area contributed by atoms with E-state index in [4.69, 9.17) is 4.74 Å². The monoisotopic (exact) mass is 333 g/mol. The fourth-order valence-electron chi connectivity index (χ4n) is 2.06. The molecule has 1 aromatic heterocycles. The zero-order valence-corrected chi connectivity index (χ0v) is 12.9. The lowest BCUT2D eigenvalue weighted by atomic mass is 10.2. The Hall–Kier alpha value is -3.79. The number of non-ortho nitro benzene ring substituents is 1. The van der Waals surface area contributed by atoms with Crippen molar-refractivity contribution in [2.75, 3.05) is 6.61 Å². The number of ether oxygens (including phenoxy) is 1. The number of benzene rings is 2. The number of hydrogen-bond donors (Lipinski definition) is 0. The number of carbonyl (C=O) groups excluding carboxylic acids is 1. The zero-order chi connectivity index (χ0) is 17.6. The van der Waals surface area contributed by atoms with Gasteiger partial charge in [0, 0.05) is 12.1 Å². The van der Waals surface area contributed by atoms with Crippen LogP contribution >= 0.6 is 0 Å². The van der Waals surface area contributed by atoms with Crippen LogP contribution in [0.3, 0.4) is 0 Å². The molecule has 25 heavy (non-hydrogen) atoms. The molecular formula is C18H11N3O4. The Morgan fingerprint density at radius 2 is 1.96 bits per heavy atom. The van der Waals surface area contributed by atoms with E-state index >= 15 is 0 Å². The molecule has 3 rings (SSSR count). The Kier molecular flexibility index (Phi) is 4.62. The SMILES string of the molecule is O=C(OCC#Cc1cnc2cc([N+](=O)[O-])ccc2n1)c1ccccc1. The summed E-state index contributed by atoms with van der Waals surface area (Å²) in [5, 5.41) is 10.7. The molecule has 0 unspecified atom stereocenters. The van der Waals surface area contributed by atoms with E-state index < -0.39 is 10.9 Å². The first-order valence-electron chi connectivity index (χ1n) is 7.26. The number of fused-ring (bicyclic) bond motifs is 1. The number of carbonyl (C=O) groups is 1. The third-order valence-electron chi connectivity index (χ3n) is 3.24. The summed E-state index contributed by atoms with van der Waals surface area (Å²) in [5.74, 6) is 4.99. The maximum atomic E-state index is 11.7. The molecular weight excluding hydrogens is 322 g/mol. The zero-order valence-electron chi connectivity index (χ0n) is 12.9. The van der Waals surface area contributed by atoms with Gasteiger partial charge in [-0.3, -0.25) is 15.1 Å². The molecule has 2 aromatic carbocycles. The molecule has 0 saturated heterocycles. The van der Waals surface area contributed by atoms with Gasteiger partial charge in [-0.05, 0) is 24.1 Å². The molecule has 0 bridgehead atoms. The minimum atomic E-state index is -0.490. The quantitative estimate of drug-likeness (QED) is 0.316. The van der Waals surface area contributed by atoms with Gasteiger partial charge in [0.15, 0.2) is 6.61 Å². The van der Waals surface area contributed by atoms with E-state index in [0.717, 1.165) is 0 Å². The molecule has 0 aliphatic rings. The third kappa shape index (κ3) is 3.95. The van der Waals surface area contributed by atoms with Gasteiger partial charge >= 0.3 is 5.97 Å². The minimum Gasteiger partial charge on any atom is -0.449 e. The number of nitro benzene ring substituents is 1. The Labute approximate surface area is 142 Å². The van der Waals surface area contributed by atoms with Crippen LogP contribution in [0.2, 0.25) is 0 Å². The van der Waals surface area contributed by atoms with Crippen LogP contribution in [-0.2, 0) is 4.74 Å². The summed E-state index contributed by atoms with van der Waals surface area (Å²) in [5.41, 5.74) is 1.70. The van der Waals surface area contributed by atoms with E-state index in [1.54, 1.807) is 24.3 Å². The van der Waals surface area contributed by atoms with Crippen LogP contribution in [0.15, 0.2) is 54.7 Å². The highest BCUT2D eigenvalue weighted by molar-refractivity contribution is 5.89. The summed E-state index contributed by atoms with van der Waals surface area (Å²) < 4.78 is 5.04. The molecule has 0 spiro atoms. The fourth-order valence-corrected chi connectivity index (χ4v) is 2.06. The summed E-state index contributed by atoms with van der Waals surface area (Å²) in [4.78, 5) is 30.4. The van der Waals surface area contributed by atoms with Gasteiger partial charge in [-0.1, -0.05) is 24.1 Å². The fraction of sp³-hybridized carbons (Fsp3) is 0.0556. The highest BCUT2D eigenvalue weighted by atomic mass is 16.6. The smallest absolute Gasteiger partial charge is 0.339 e. The molecule has 0 saturated carbocycles. The second-order valence-electron chi connectivity index (χ2n) is 4.93. The van der Waals surface area contributed by atoms with Crippen molar-refractivity contribution in [2.45, 2.75) is 0 Å². The molecule has 0 N–H and O–H groups in total. The average Bonchev–Trinajstić information content (AvgIpc) is 2.65. The first kappa shape index (κ1) is 16.1. The van der Waals surface area contributed by atoms with Crippen LogP contribution in [0.25, 0.3) is 11.0 Å². The molecule has 7 nitrogen and oxygen atoms in total. The van der Waals surface area contributed by atoms with Crippen LogP contribution in [-0.4, -0.2) is 27.5 Å². The maximum absolute atomic E-state index is 11.7. The van der Waals surface area contributed by atoms with E-state index in [2.05, 4.69) is 21.8 Å². The van der Waals surface area contributed by atoms with Crippen molar-refractivity contribution < 1.29 is 14.5 Å². The summed E-state index contributed by atoms with van der Waals surface area (Å²) in [7, 11) is 0. The molecule has 122 valence electrons. The van der Waals surface area contributed by atoms with E-state index in [0.29, 0.717) is 22.3 Å². The first-order valence-corrected chi connectivity index (χ1v) is 7.26. The van der Waals surface area contributed by atoms with Crippen molar-refractivity contribution in [3.05, 3.63) is 76.1 Å². The maximum Gasteiger partial charge on any atom is 0.339 e. The van der Waals surface area contributed by atoms with Crippen LogP contribution in [0.1, 0.15) is 16.1 Å². The normalized spacial score (nSPS) is 9.92. The summed E-state index contributed by atoms with van der Waals surface area (Å²) >= 11 is 0. The van der Waals surface area contributed by atoms with Gasteiger partial charge < -0.3 is 4.74 Å². The molecule has 0 amide bonds. The highest BCUT2D eigenvalue weighted by Gasteiger charge is 2.08. The first-order chi connectivity index (χ1) is 12.1. The van der Waals surface area contributed by atoms with Crippen molar-refractivity contribution in [2.24, 2.45) is 0 Å². The van der Waals surface area contributed by atoms with Gasteiger partial charge in [0.25, 0.3) is 5.69 Å². The van der Waals surface area contributed by atoms with Gasteiger partial charge in [0.1, 0.15) is 5.69 Å². The molecule has 0 radical (unpaired) electrons. The molecule has 3 aromatic rings. The topological polar surface area (TPSA) is 95.2 Å². The lowest BCUT2D eigenvalue weighted by Crippen LogP contribution is -2.04. The van der Waals surface area contributed by atoms with Crippen LogP contribution < -0.4 is 0 Å². The number of esters is 1. The summed E-state index contributed by atoms with van der Waals surface area (Å²) in [6, 6.07) is 12.8. The van der Waals surface area contributed by atoms with Crippen LogP contribution in [0.5, 0.6) is 0 Å². The van der Waals surface area contributed by atoms with E-state index in [1.807, 2.05) is 6.07 Å². The predicted octanol–water partition coefficient (Wildman–Crippen LogP) is 2.75. The Balaban J connectivity index is 1.67. The van der Waals surface area contributed by atoms with E-state index in [9.17, 15) is 14.9 Å². The van der Waals surface area contributed by atoms with Crippen molar-refractivity contribution in [3.63, 3.8) is 0 Å². The highest BCUT2D eigenvalue weighted by Crippen LogP contribution is 2.17. The second-order valence-corrected chi connectivity index (χ2v) is 4.93. The molecule has 1 heterocycles. The van der Waals surface area contributed by atoms with Crippen molar-refractivity contribution in [1.29, 1.82) is 0 Å². The van der Waals surface area contributed by atoms with Crippen molar-refractivity contribution in [1.82, 2.24) is 9.97 Å². The Bertz CT molecular complexity index is 1010. The second kappa shape index (κ2) is 7.19. The lowest BCUT2D eigenvalue weighted by molar-refractivity contribution is -0.384. The molecule has 0 fully saturated rings. The number of nitrogens with zero attached hydrogens (tertiary/aromatic N) is 3. The van der Waals surface area contributed by atoms with Gasteiger partial charge in [-0.2, -0.15) is 0 Å². The lowest BCUT2D eigenvalue weighted by Gasteiger charge is -1.99. The minimum absolute atomic E-state index is 0.0477. The third-order valence-corrected chi connectivity index (χ3v) is 3.24. The largest absolute Gasteiger partial charge is 0.449 e. The summed E-state index contributed by atoms with van der Waals surface area (Å²) in [6.45, 7) is -0.0757. The van der Waals surface area contributed by atoms with Gasteiger partial charge in [0.05, 0.1) is 27.7 Å².